The van der Waals surface area contributed by atoms with Crippen LogP contribution < -0.4 is 11.1 Å². The molecule has 7 nitrogen and oxygen atoms in total. The van der Waals surface area contributed by atoms with E-state index in [0.29, 0.717) is 25.7 Å². The predicted octanol–water partition coefficient (Wildman–Crippen LogP) is 7.87. The van der Waals surface area contributed by atoms with Crippen LogP contribution in [0.2, 0.25) is 5.02 Å². The summed E-state index contributed by atoms with van der Waals surface area (Å²) in [4.78, 5) is 44.6. The Hall–Kier alpha value is -4.05. The van der Waals surface area contributed by atoms with Crippen LogP contribution in [0, 0.1) is 6.92 Å². The van der Waals surface area contributed by atoms with Crippen LogP contribution in [0.25, 0.3) is 32.6 Å². The SMILES string of the molecule is CCOC(=O)c1c(NC(=O)c2sc3nc(-c4ccccc4)cc(-c4ccc(Cl)cc4)c3c2N)sc(C(C)=O)c1C. The van der Waals surface area contributed by atoms with Crippen molar-refractivity contribution in [1.82, 2.24) is 4.98 Å². The number of fused-ring (bicyclic) bond motifs is 1. The molecule has 0 aliphatic carbocycles. The first kappa shape index (κ1) is 27.5. The number of ketones is 1. The second-order valence-electron chi connectivity index (χ2n) is 8.94. The molecule has 0 radical (unpaired) electrons. The van der Waals surface area contributed by atoms with Crippen molar-refractivity contribution in [2.24, 2.45) is 0 Å². The van der Waals surface area contributed by atoms with E-state index in [0.717, 1.165) is 45.1 Å². The first-order valence-electron chi connectivity index (χ1n) is 12.4. The fourth-order valence-corrected chi connectivity index (χ4v) is 6.68. The van der Waals surface area contributed by atoms with Gasteiger partial charge in [-0.3, -0.25) is 9.59 Å². The van der Waals surface area contributed by atoms with Crippen molar-refractivity contribution >= 4 is 72.8 Å². The number of hydrogen-bond acceptors (Lipinski definition) is 8. The van der Waals surface area contributed by atoms with Gasteiger partial charge in [0.05, 0.1) is 28.4 Å². The van der Waals surface area contributed by atoms with Gasteiger partial charge >= 0.3 is 5.97 Å². The van der Waals surface area contributed by atoms with Gasteiger partial charge in [-0.15, -0.1) is 22.7 Å². The van der Waals surface area contributed by atoms with Crippen molar-refractivity contribution in [2.45, 2.75) is 20.8 Å². The molecular weight excluding hydrogens is 566 g/mol. The standard InChI is InChI=1S/C30H24ClN3O4S2/c1-4-38-30(37)22-15(2)25(16(3)35)39-28(22)34-27(36)26-24(32)23-20(17-10-12-19(31)13-11-17)14-21(33-29(23)40-26)18-8-6-5-7-9-18/h5-14H,4,32H2,1-3H3,(H,34,36). The first-order valence-corrected chi connectivity index (χ1v) is 14.4. The number of amides is 1. The van der Waals surface area contributed by atoms with E-state index in [1.54, 1.807) is 26.0 Å². The molecule has 0 atom stereocenters. The third kappa shape index (κ3) is 5.11. The number of pyridine rings is 1. The number of rotatable bonds is 7. The maximum Gasteiger partial charge on any atom is 0.341 e. The van der Waals surface area contributed by atoms with Gasteiger partial charge in [0.1, 0.15) is 14.7 Å². The van der Waals surface area contributed by atoms with E-state index >= 15 is 0 Å². The Morgan fingerprint density at radius 2 is 1.70 bits per heavy atom. The molecule has 2 aromatic carbocycles. The summed E-state index contributed by atoms with van der Waals surface area (Å²) in [7, 11) is 0. The number of ether oxygens (including phenoxy) is 1. The van der Waals surface area contributed by atoms with E-state index in [9.17, 15) is 14.4 Å². The number of carbonyl (C=O) groups is 3. The molecule has 3 heterocycles. The lowest BCUT2D eigenvalue weighted by molar-refractivity contribution is 0.0527. The molecule has 202 valence electrons. The Bertz CT molecular complexity index is 1780. The lowest BCUT2D eigenvalue weighted by Crippen LogP contribution is -2.15. The summed E-state index contributed by atoms with van der Waals surface area (Å²) in [5, 5.41) is 4.29. The number of Topliss-reactive ketones (excluding diaryl/α,β-unsaturated/α-hetero) is 1. The van der Waals surface area contributed by atoms with Gasteiger partial charge in [-0.05, 0) is 55.7 Å². The van der Waals surface area contributed by atoms with Gasteiger partial charge in [-0.1, -0.05) is 54.1 Å². The highest BCUT2D eigenvalue weighted by Crippen LogP contribution is 2.42. The molecule has 1 amide bonds. The van der Waals surface area contributed by atoms with Gasteiger partial charge in [-0.2, -0.15) is 0 Å². The number of anilines is 2. The van der Waals surface area contributed by atoms with Gasteiger partial charge in [-0.25, -0.2) is 9.78 Å². The van der Waals surface area contributed by atoms with Crippen LogP contribution in [0.5, 0.6) is 0 Å². The number of nitrogens with one attached hydrogen (secondary N) is 1. The maximum atomic E-state index is 13.6. The summed E-state index contributed by atoms with van der Waals surface area (Å²) in [5.41, 5.74) is 10.9. The molecule has 0 bridgehead atoms. The van der Waals surface area contributed by atoms with Crippen LogP contribution in [0.4, 0.5) is 10.7 Å². The maximum absolute atomic E-state index is 13.6. The molecular formula is C30H24ClN3O4S2. The average molecular weight is 590 g/mol. The Kier molecular flexibility index (Phi) is 7.71. The highest BCUT2D eigenvalue weighted by Gasteiger charge is 2.28. The first-order chi connectivity index (χ1) is 19.2. The zero-order valence-electron chi connectivity index (χ0n) is 21.8. The summed E-state index contributed by atoms with van der Waals surface area (Å²) in [6, 6.07) is 19.1. The van der Waals surface area contributed by atoms with Crippen molar-refractivity contribution < 1.29 is 19.1 Å². The Morgan fingerprint density at radius 1 is 1.00 bits per heavy atom. The van der Waals surface area contributed by atoms with Crippen LogP contribution in [-0.2, 0) is 4.74 Å². The minimum Gasteiger partial charge on any atom is -0.462 e. The number of thiophene rings is 2. The Balaban J connectivity index is 1.64. The van der Waals surface area contributed by atoms with Gasteiger partial charge < -0.3 is 15.8 Å². The molecule has 5 aromatic rings. The molecule has 0 unspecified atom stereocenters. The number of hydrogen-bond donors (Lipinski definition) is 2. The molecule has 3 N–H and O–H groups in total. The van der Waals surface area contributed by atoms with Gasteiger partial charge in [0.15, 0.2) is 5.78 Å². The number of nitrogens with two attached hydrogens (primary N) is 1. The molecule has 0 spiro atoms. The molecule has 0 aliphatic rings. The van der Waals surface area contributed by atoms with E-state index < -0.39 is 11.9 Å². The monoisotopic (exact) mass is 589 g/mol. The second kappa shape index (κ2) is 11.2. The molecule has 10 heteroatoms. The molecule has 5 rings (SSSR count). The summed E-state index contributed by atoms with van der Waals surface area (Å²) >= 11 is 8.34. The lowest BCUT2D eigenvalue weighted by atomic mass is 9.99. The number of aromatic nitrogens is 1. The van der Waals surface area contributed by atoms with Crippen LogP contribution in [0.3, 0.4) is 0 Å². The third-order valence-corrected chi connectivity index (χ3v) is 8.96. The van der Waals surface area contributed by atoms with E-state index in [-0.39, 0.29) is 33.5 Å². The van der Waals surface area contributed by atoms with E-state index in [1.807, 2.05) is 48.5 Å². The van der Waals surface area contributed by atoms with Crippen molar-refractivity contribution in [3.05, 3.63) is 86.6 Å². The van der Waals surface area contributed by atoms with Gasteiger partial charge in [0.2, 0.25) is 0 Å². The average Bonchev–Trinajstić information content (AvgIpc) is 3.45. The highest BCUT2D eigenvalue weighted by atomic mass is 35.5. The largest absolute Gasteiger partial charge is 0.462 e. The van der Waals surface area contributed by atoms with E-state index in [4.69, 9.17) is 27.1 Å². The fourth-order valence-electron chi connectivity index (χ4n) is 4.45. The normalized spacial score (nSPS) is 11.0. The molecule has 0 saturated heterocycles. The van der Waals surface area contributed by atoms with E-state index in [2.05, 4.69) is 5.32 Å². The zero-order chi connectivity index (χ0) is 28.6. The molecule has 40 heavy (non-hydrogen) atoms. The predicted molar refractivity (Wildman–Crippen MR) is 163 cm³/mol. The van der Waals surface area contributed by atoms with Gasteiger partial charge in [0, 0.05) is 16.0 Å². The summed E-state index contributed by atoms with van der Waals surface area (Å²) in [5.74, 6) is -1.33. The summed E-state index contributed by atoms with van der Waals surface area (Å²) < 4.78 is 5.19. The van der Waals surface area contributed by atoms with Crippen molar-refractivity contribution in [2.75, 3.05) is 17.7 Å². The van der Waals surface area contributed by atoms with Crippen molar-refractivity contribution in [1.29, 1.82) is 0 Å². The molecule has 0 aliphatic heterocycles. The molecule has 3 aromatic heterocycles. The third-order valence-electron chi connectivity index (χ3n) is 6.30. The van der Waals surface area contributed by atoms with Crippen molar-refractivity contribution in [3.8, 4) is 22.4 Å². The number of halogens is 1. The number of benzene rings is 2. The molecule has 0 saturated carbocycles. The van der Waals surface area contributed by atoms with Crippen LogP contribution in [-0.4, -0.2) is 29.3 Å². The molecule has 0 fully saturated rings. The zero-order valence-corrected chi connectivity index (χ0v) is 24.2. The fraction of sp³-hybridized carbons (Fsp3) is 0.133. The summed E-state index contributed by atoms with van der Waals surface area (Å²) in [6.07, 6.45) is 0. The topological polar surface area (TPSA) is 111 Å². The quantitative estimate of drug-likeness (QED) is 0.148. The lowest BCUT2D eigenvalue weighted by Gasteiger charge is -2.09. The van der Waals surface area contributed by atoms with Crippen LogP contribution in [0.1, 0.15) is 49.1 Å². The minimum absolute atomic E-state index is 0.156. The Morgan fingerprint density at radius 3 is 2.35 bits per heavy atom. The summed E-state index contributed by atoms with van der Waals surface area (Å²) in [6.45, 7) is 4.92. The number of esters is 1. The second-order valence-corrected chi connectivity index (χ2v) is 11.4. The van der Waals surface area contributed by atoms with Crippen molar-refractivity contribution in [3.63, 3.8) is 0 Å². The highest BCUT2D eigenvalue weighted by molar-refractivity contribution is 7.22. The van der Waals surface area contributed by atoms with Crippen LogP contribution >= 0.6 is 34.3 Å². The van der Waals surface area contributed by atoms with Crippen LogP contribution in [0.15, 0.2) is 60.7 Å². The van der Waals surface area contributed by atoms with Gasteiger partial charge in [0.25, 0.3) is 5.91 Å². The number of carbonyl (C=O) groups excluding carboxylic acids is 3. The minimum atomic E-state index is -0.609. The number of nitrogen functional groups attached to an aromatic ring is 1. The van der Waals surface area contributed by atoms with E-state index in [1.165, 1.54) is 6.92 Å². The Labute approximate surface area is 243 Å². The smallest absolute Gasteiger partial charge is 0.341 e. The number of nitrogens with zero attached hydrogens (tertiary/aromatic N) is 1.